The second-order valence-electron chi connectivity index (χ2n) is 4.61. The van der Waals surface area contributed by atoms with Gasteiger partial charge in [0.05, 0.1) is 0 Å². The van der Waals surface area contributed by atoms with Gasteiger partial charge in [0.1, 0.15) is 5.78 Å². The van der Waals surface area contributed by atoms with Gasteiger partial charge in [0.25, 0.3) is 0 Å². The third-order valence-electron chi connectivity index (χ3n) is 3.32. The van der Waals surface area contributed by atoms with Gasteiger partial charge >= 0.3 is 0 Å². The largest absolute Gasteiger partial charge is 0.299 e. The van der Waals surface area contributed by atoms with E-state index in [4.69, 9.17) is 0 Å². The minimum Gasteiger partial charge on any atom is -0.299 e. The summed E-state index contributed by atoms with van der Waals surface area (Å²) < 4.78 is 0. The lowest BCUT2D eigenvalue weighted by molar-refractivity contribution is -0.126. The first kappa shape index (κ1) is 11.1. The summed E-state index contributed by atoms with van der Waals surface area (Å²) in [4.78, 5) is 11.9. The van der Waals surface area contributed by atoms with Gasteiger partial charge in [-0.2, -0.15) is 0 Å². The molecule has 1 aliphatic rings. The normalized spacial score (nSPS) is 26.2. The lowest BCUT2D eigenvalue weighted by Crippen LogP contribution is -2.24. The molecule has 2 rings (SSSR count). The Kier molecular flexibility index (Phi) is 3.55. The van der Waals surface area contributed by atoms with Crippen molar-refractivity contribution in [2.75, 3.05) is 0 Å². The zero-order valence-corrected chi connectivity index (χ0v) is 9.73. The number of Topliss-reactive ketones (excluding diaryl/α,β-unsaturated/α-hetero) is 1. The zero-order valence-electron chi connectivity index (χ0n) is 9.73. The first-order valence-corrected chi connectivity index (χ1v) is 6.04. The van der Waals surface area contributed by atoms with Crippen molar-refractivity contribution in [1.82, 2.24) is 0 Å². The number of rotatable bonds is 2. The Labute approximate surface area is 97.2 Å². The predicted octanol–water partition coefficient (Wildman–Crippen LogP) is 3.71. The molecule has 0 amide bonds. The molecule has 1 aromatic rings. The highest BCUT2D eigenvalue weighted by molar-refractivity contribution is 5.86. The van der Waals surface area contributed by atoms with E-state index in [0.717, 1.165) is 12.8 Å². The molecule has 1 aromatic carbocycles. The third kappa shape index (κ3) is 2.60. The van der Waals surface area contributed by atoms with Gasteiger partial charge in [-0.25, -0.2) is 0 Å². The van der Waals surface area contributed by atoms with Gasteiger partial charge in [-0.05, 0) is 18.4 Å². The van der Waals surface area contributed by atoms with Crippen molar-refractivity contribution in [2.24, 2.45) is 11.8 Å². The van der Waals surface area contributed by atoms with E-state index < -0.39 is 0 Å². The molecule has 1 aliphatic carbocycles. The molecule has 2 unspecified atom stereocenters. The predicted molar refractivity (Wildman–Crippen MR) is 67.0 cm³/mol. The van der Waals surface area contributed by atoms with Gasteiger partial charge in [0.15, 0.2) is 0 Å². The minimum atomic E-state index is 0.143. The van der Waals surface area contributed by atoms with Crippen LogP contribution in [0.2, 0.25) is 0 Å². The molecule has 0 saturated heterocycles. The molecule has 0 bridgehead atoms. The van der Waals surface area contributed by atoms with Crippen molar-refractivity contribution in [2.45, 2.75) is 26.2 Å². The highest BCUT2D eigenvalue weighted by atomic mass is 16.1. The van der Waals surface area contributed by atoms with Crippen molar-refractivity contribution in [3.8, 4) is 0 Å². The SMILES string of the molecule is CC1CCCC(C=Cc2ccccc2)C1=O. The zero-order chi connectivity index (χ0) is 11.4. The van der Waals surface area contributed by atoms with Crippen LogP contribution in [0.3, 0.4) is 0 Å². The first-order chi connectivity index (χ1) is 7.77. The highest BCUT2D eigenvalue weighted by Gasteiger charge is 2.25. The van der Waals surface area contributed by atoms with Crippen molar-refractivity contribution in [3.05, 3.63) is 42.0 Å². The number of benzene rings is 1. The van der Waals surface area contributed by atoms with Crippen LogP contribution in [0.25, 0.3) is 6.08 Å². The lowest BCUT2D eigenvalue weighted by Gasteiger charge is -2.22. The summed E-state index contributed by atoms with van der Waals surface area (Å²) in [5.41, 5.74) is 1.17. The molecular weight excluding hydrogens is 196 g/mol. The van der Waals surface area contributed by atoms with E-state index in [1.807, 2.05) is 25.1 Å². The maximum absolute atomic E-state index is 11.9. The van der Waals surface area contributed by atoms with E-state index in [2.05, 4.69) is 24.3 Å². The number of allylic oxidation sites excluding steroid dienone is 1. The first-order valence-electron chi connectivity index (χ1n) is 6.04. The summed E-state index contributed by atoms with van der Waals surface area (Å²) in [7, 11) is 0. The molecular formula is C15H18O. The molecule has 1 fully saturated rings. The van der Waals surface area contributed by atoms with Crippen LogP contribution in [0.15, 0.2) is 36.4 Å². The average molecular weight is 214 g/mol. The summed E-state index contributed by atoms with van der Waals surface area (Å²) in [6.07, 6.45) is 7.41. The number of hydrogen-bond acceptors (Lipinski definition) is 1. The Bertz CT molecular complexity index is 378. The monoisotopic (exact) mass is 214 g/mol. The van der Waals surface area contributed by atoms with Gasteiger partial charge in [-0.3, -0.25) is 4.79 Å². The molecule has 1 heteroatoms. The number of hydrogen-bond donors (Lipinski definition) is 0. The van der Waals surface area contributed by atoms with Crippen LogP contribution < -0.4 is 0 Å². The fraction of sp³-hybridized carbons (Fsp3) is 0.400. The van der Waals surface area contributed by atoms with Crippen LogP contribution in [0, 0.1) is 11.8 Å². The number of carbonyl (C=O) groups is 1. The fourth-order valence-electron chi connectivity index (χ4n) is 2.28. The third-order valence-corrected chi connectivity index (χ3v) is 3.32. The summed E-state index contributed by atoms with van der Waals surface area (Å²) in [6.45, 7) is 2.05. The highest BCUT2D eigenvalue weighted by Crippen LogP contribution is 2.26. The van der Waals surface area contributed by atoms with Crippen molar-refractivity contribution in [1.29, 1.82) is 0 Å². The van der Waals surface area contributed by atoms with Crippen LogP contribution in [0.5, 0.6) is 0 Å². The molecule has 0 spiro atoms. The molecule has 0 N–H and O–H groups in total. The molecule has 16 heavy (non-hydrogen) atoms. The maximum atomic E-state index is 11.9. The Hall–Kier alpha value is -1.37. The van der Waals surface area contributed by atoms with Crippen LogP contribution in [-0.2, 0) is 4.79 Å². The Morgan fingerprint density at radius 2 is 1.94 bits per heavy atom. The Morgan fingerprint density at radius 1 is 1.19 bits per heavy atom. The van der Waals surface area contributed by atoms with E-state index >= 15 is 0 Å². The van der Waals surface area contributed by atoms with E-state index in [1.165, 1.54) is 12.0 Å². The van der Waals surface area contributed by atoms with Gasteiger partial charge in [-0.1, -0.05) is 55.8 Å². The molecule has 0 aromatic heterocycles. The smallest absolute Gasteiger partial charge is 0.142 e. The van der Waals surface area contributed by atoms with Gasteiger partial charge < -0.3 is 0 Å². The summed E-state index contributed by atoms with van der Waals surface area (Å²) in [6, 6.07) is 10.2. The molecule has 84 valence electrons. The average Bonchev–Trinajstić information content (AvgIpc) is 2.32. The number of carbonyl (C=O) groups excluding carboxylic acids is 1. The van der Waals surface area contributed by atoms with Gasteiger partial charge in [0.2, 0.25) is 0 Å². The topological polar surface area (TPSA) is 17.1 Å². The fourth-order valence-corrected chi connectivity index (χ4v) is 2.28. The lowest BCUT2D eigenvalue weighted by atomic mass is 9.81. The maximum Gasteiger partial charge on any atom is 0.142 e. The minimum absolute atomic E-state index is 0.143. The van der Waals surface area contributed by atoms with Crippen LogP contribution >= 0.6 is 0 Å². The van der Waals surface area contributed by atoms with Crippen molar-refractivity contribution in [3.63, 3.8) is 0 Å². The molecule has 0 aliphatic heterocycles. The Morgan fingerprint density at radius 3 is 2.69 bits per heavy atom. The molecule has 0 heterocycles. The van der Waals surface area contributed by atoms with E-state index in [1.54, 1.807) is 0 Å². The van der Waals surface area contributed by atoms with Gasteiger partial charge in [-0.15, -0.1) is 0 Å². The van der Waals surface area contributed by atoms with Crippen molar-refractivity contribution >= 4 is 11.9 Å². The summed E-state index contributed by atoms with van der Waals surface area (Å²) in [5.74, 6) is 0.807. The molecule has 2 atom stereocenters. The summed E-state index contributed by atoms with van der Waals surface area (Å²) >= 11 is 0. The van der Waals surface area contributed by atoms with E-state index in [0.29, 0.717) is 5.78 Å². The second kappa shape index (κ2) is 5.11. The summed E-state index contributed by atoms with van der Waals surface area (Å²) in [5, 5.41) is 0. The van der Waals surface area contributed by atoms with E-state index in [9.17, 15) is 4.79 Å². The van der Waals surface area contributed by atoms with Gasteiger partial charge in [0, 0.05) is 11.8 Å². The van der Waals surface area contributed by atoms with E-state index in [-0.39, 0.29) is 11.8 Å². The molecule has 0 radical (unpaired) electrons. The molecule has 1 saturated carbocycles. The quantitative estimate of drug-likeness (QED) is 0.733. The van der Waals surface area contributed by atoms with Crippen LogP contribution in [0.4, 0.5) is 0 Å². The standard InChI is InChI=1S/C15H18O/c1-12-6-5-9-14(15(12)16)11-10-13-7-3-2-4-8-13/h2-4,7-8,10-12,14H,5-6,9H2,1H3. The number of ketones is 1. The second-order valence-corrected chi connectivity index (χ2v) is 4.61. The van der Waals surface area contributed by atoms with Crippen LogP contribution in [-0.4, -0.2) is 5.78 Å². The van der Waals surface area contributed by atoms with Crippen LogP contribution in [0.1, 0.15) is 31.7 Å². The van der Waals surface area contributed by atoms with Crippen molar-refractivity contribution < 1.29 is 4.79 Å². The molecule has 1 nitrogen and oxygen atoms in total. The Balaban J connectivity index is 2.04.